The van der Waals surface area contributed by atoms with Crippen LogP contribution in [0.5, 0.6) is 0 Å². The zero-order valence-corrected chi connectivity index (χ0v) is 12.1. The van der Waals surface area contributed by atoms with Crippen molar-refractivity contribution in [1.82, 2.24) is 10.2 Å². The second kappa shape index (κ2) is 5.80. The Morgan fingerprint density at radius 1 is 1.25 bits per heavy atom. The molecule has 0 spiro atoms. The third kappa shape index (κ3) is 3.89. The summed E-state index contributed by atoms with van der Waals surface area (Å²) in [5, 5.41) is 3.49. The van der Waals surface area contributed by atoms with Gasteiger partial charge in [-0.3, -0.25) is 0 Å². The van der Waals surface area contributed by atoms with E-state index in [0.717, 1.165) is 13.1 Å². The first kappa shape index (κ1) is 13.7. The van der Waals surface area contributed by atoms with Gasteiger partial charge in [0.25, 0.3) is 0 Å². The van der Waals surface area contributed by atoms with E-state index in [9.17, 15) is 0 Å². The van der Waals surface area contributed by atoms with E-state index in [0.29, 0.717) is 0 Å². The molecule has 0 amide bonds. The number of hydrogen-bond acceptors (Lipinski definition) is 2. The van der Waals surface area contributed by atoms with Gasteiger partial charge in [0.1, 0.15) is 0 Å². The van der Waals surface area contributed by atoms with Crippen LogP contribution in [0.1, 0.15) is 19.4 Å². The van der Waals surface area contributed by atoms with E-state index < -0.39 is 0 Å². The van der Waals surface area contributed by atoms with Gasteiger partial charge >= 0.3 is 0 Å². The van der Waals surface area contributed by atoms with Crippen LogP contribution in [0, 0.1) is 0 Å². The molecule has 0 saturated carbocycles. The van der Waals surface area contributed by atoms with Gasteiger partial charge in [0.15, 0.2) is 0 Å². The molecule has 1 aromatic carbocycles. The largest absolute Gasteiger partial charge is 0.311 e. The van der Waals surface area contributed by atoms with Crippen molar-refractivity contribution >= 4 is 15.9 Å². The van der Waals surface area contributed by atoms with Gasteiger partial charge in [-0.2, -0.15) is 0 Å². The maximum atomic E-state index is 3.56. The monoisotopic (exact) mass is 284 g/mol. The van der Waals surface area contributed by atoms with Crippen LogP contribution < -0.4 is 5.32 Å². The molecule has 0 aromatic heterocycles. The molecule has 0 radical (unpaired) electrons. The fourth-order valence-corrected chi connectivity index (χ4v) is 1.73. The first-order valence-electron chi connectivity index (χ1n) is 5.55. The van der Waals surface area contributed by atoms with Crippen molar-refractivity contribution in [3.63, 3.8) is 0 Å². The second-order valence-corrected chi connectivity index (χ2v) is 5.76. The molecule has 0 unspecified atom stereocenters. The van der Waals surface area contributed by atoms with E-state index in [1.165, 1.54) is 10.0 Å². The van der Waals surface area contributed by atoms with Crippen molar-refractivity contribution in [3.8, 4) is 0 Å². The molecule has 16 heavy (non-hydrogen) atoms. The Labute approximate surface area is 107 Å². The summed E-state index contributed by atoms with van der Waals surface area (Å²) < 4.78 is 1.17. The number of hydrogen-bond donors (Lipinski definition) is 1. The lowest BCUT2D eigenvalue weighted by Gasteiger charge is -2.32. The molecule has 0 fully saturated rings. The van der Waals surface area contributed by atoms with Gasteiger partial charge in [-0.05, 0) is 39.6 Å². The zero-order valence-electron chi connectivity index (χ0n) is 10.5. The number of halogens is 1. The molecule has 3 heteroatoms. The number of likely N-dealkylation sites (N-methyl/N-ethyl adjacent to an activating group) is 1. The molecule has 0 aliphatic heterocycles. The van der Waals surface area contributed by atoms with Gasteiger partial charge < -0.3 is 10.2 Å². The molecule has 0 bridgehead atoms. The quantitative estimate of drug-likeness (QED) is 0.895. The molecule has 0 saturated heterocycles. The van der Waals surface area contributed by atoms with E-state index in [1.807, 2.05) is 6.07 Å². The van der Waals surface area contributed by atoms with E-state index in [4.69, 9.17) is 0 Å². The van der Waals surface area contributed by atoms with Crippen LogP contribution in [0.3, 0.4) is 0 Å². The average Bonchev–Trinajstić information content (AvgIpc) is 2.20. The summed E-state index contributed by atoms with van der Waals surface area (Å²) >= 11 is 3.56. The van der Waals surface area contributed by atoms with E-state index in [2.05, 4.69) is 72.3 Å². The highest BCUT2D eigenvalue weighted by Crippen LogP contribution is 2.16. The third-order valence-electron chi connectivity index (χ3n) is 3.04. The van der Waals surface area contributed by atoms with Gasteiger partial charge in [0.2, 0.25) is 0 Å². The molecule has 0 heterocycles. The lowest BCUT2D eigenvalue weighted by atomic mass is 10.0. The van der Waals surface area contributed by atoms with Crippen molar-refractivity contribution in [1.29, 1.82) is 0 Å². The summed E-state index contributed by atoms with van der Waals surface area (Å²) in [7, 11) is 4.22. The van der Waals surface area contributed by atoms with Crippen molar-refractivity contribution in [2.45, 2.75) is 25.9 Å². The molecule has 1 N–H and O–H groups in total. The van der Waals surface area contributed by atoms with Gasteiger partial charge in [0.05, 0.1) is 0 Å². The standard InChI is InChI=1S/C13H21BrN2/c1-13(2,16(3)4)10-15-9-11-7-5-6-8-12(11)14/h5-8,15H,9-10H2,1-4H3. The number of nitrogens with one attached hydrogen (secondary N) is 1. The molecule has 0 aliphatic rings. The summed E-state index contributed by atoms with van der Waals surface area (Å²) in [5.41, 5.74) is 1.48. The Morgan fingerprint density at radius 2 is 1.88 bits per heavy atom. The highest BCUT2D eigenvalue weighted by atomic mass is 79.9. The highest BCUT2D eigenvalue weighted by Gasteiger charge is 2.19. The molecule has 0 aliphatic carbocycles. The van der Waals surface area contributed by atoms with Crippen LogP contribution in [0.4, 0.5) is 0 Å². The molecule has 90 valence electrons. The smallest absolute Gasteiger partial charge is 0.0271 e. The fraction of sp³-hybridized carbons (Fsp3) is 0.538. The van der Waals surface area contributed by atoms with Crippen molar-refractivity contribution in [2.24, 2.45) is 0 Å². The Balaban J connectivity index is 2.45. The number of rotatable bonds is 5. The maximum absolute atomic E-state index is 3.56. The Morgan fingerprint density at radius 3 is 2.44 bits per heavy atom. The summed E-state index contributed by atoms with van der Waals surface area (Å²) in [6.45, 7) is 6.35. The van der Waals surface area contributed by atoms with Crippen LogP contribution >= 0.6 is 15.9 Å². The van der Waals surface area contributed by atoms with Crippen LogP contribution in [0.25, 0.3) is 0 Å². The Hall–Kier alpha value is -0.380. The maximum Gasteiger partial charge on any atom is 0.0271 e. The Kier molecular flexibility index (Phi) is 4.96. The molecule has 1 aromatic rings. The van der Waals surface area contributed by atoms with E-state index >= 15 is 0 Å². The minimum absolute atomic E-state index is 0.182. The number of nitrogens with zero attached hydrogens (tertiary/aromatic N) is 1. The normalized spacial score (nSPS) is 12.1. The van der Waals surface area contributed by atoms with Gasteiger partial charge in [-0.25, -0.2) is 0 Å². The van der Waals surface area contributed by atoms with Gasteiger partial charge in [0, 0.05) is 23.1 Å². The predicted molar refractivity (Wildman–Crippen MR) is 73.6 cm³/mol. The summed E-state index contributed by atoms with van der Waals surface area (Å²) in [4.78, 5) is 2.24. The molecular weight excluding hydrogens is 264 g/mol. The molecule has 0 atom stereocenters. The topological polar surface area (TPSA) is 15.3 Å². The third-order valence-corrected chi connectivity index (χ3v) is 3.82. The summed E-state index contributed by atoms with van der Waals surface area (Å²) in [6.07, 6.45) is 0. The van der Waals surface area contributed by atoms with Crippen LogP contribution in [-0.2, 0) is 6.54 Å². The van der Waals surface area contributed by atoms with Crippen molar-refractivity contribution in [2.75, 3.05) is 20.6 Å². The van der Waals surface area contributed by atoms with Crippen LogP contribution in [-0.4, -0.2) is 31.1 Å². The van der Waals surface area contributed by atoms with Gasteiger partial charge in [-0.15, -0.1) is 0 Å². The number of benzene rings is 1. The van der Waals surface area contributed by atoms with Crippen molar-refractivity contribution in [3.05, 3.63) is 34.3 Å². The zero-order chi connectivity index (χ0) is 12.2. The molecular formula is C13H21BrN2. The predicted octanol–water partition coefficient (Wildman–Crippen LogP) is 2.88. The SMILES string of the molecule is CN(C)C(C)(C)CNCc1ccccc1Br. The second-order valence-electron chi connectivity index (χ2n) is 4.90. The van der Waals surface area contributed by atoms with Crippen LogP contribution in [0.15, 0.2) is 28.7 Å². The first-order valence-corrected chi connectivity index (χ1v) is 6.34. The van der Waals surface area contributed by atoms with Gasteiger partial charge in [-0.1, -0.05) is 34.1 Å². The van der Waals surface area contributed by atoms with Crippen molar-refractivity contribution < 1.29 is 0 Å². The lowest BCUT2D eigenvalue weighted by Crippen LogP contribution is -2.46. The summed E-state index contributed by atoms with van der Waals surface area (Å²) in [6, 6.07) is 8.32. The highest BCUT2D eigenvalue weighted by molar-refractivity contribution is 9.10. The molecule has 2 nitrogen and oxygen atoms in total. The van der Waals surface area contributed by atoms with E-state index in [-0.39, 0.29) is 5.54 Å². The minimum Gasteiger partial charge on any atom is -0.311 e. The molecule has 1 rings (SSSR count). The summed E-state index contributed by atoms with van der Waals surface area (Å²) in [5.74, 6) is 0. The first-order chi connectivity index (χ1) is 7.43. The average molecular weight is 285 g/mol. The lowest BCUT2D eigenvalue weighted by molar-refractivity contribution is 0.189. The Bertz CT molecular complexity index is 334. The minimum atomic E-state index is 0.182. The van der Waals surface area contributed by atoms with Crippen LogP contribution in [0.2, 0.25) is 0 Å². The fourth-order valence-electron chi connectivity index (χ4n) is 1.30. The van der Waals surface area contributed by atoms with E-state index in [1.54, 1.807) is 0 Å².